The van der Waals surface area contributed by atoms with E-state index < -0.39 is 0 Å². The first-order chi connectivity index (χ1) is 11.2. The number of hydrogen-bond donors (Lipinski definition) is 2. The first-order valence-corrected chi connectivity index (χ1v) is 9.11. The van der Waals surface area contributed by atoms with Crippen LogP contribution in [0.2, 0.25) is 0 Å². The fraction of sp³-hybridized carbons (Fsp3) is 0.444. The predicted octanol–water partition coefficient (Wildman–Crippen LogP) is 4.57. The molecule has 0 unspecified atom stereocenters. The van der Waals surface area contributed by atoms with Gasteiger partial charge in [0.1, 0.15) is 0 Å². The molecule has 2 N–H and O–H groups in total. The summed E-state index contributed by atoms with van der Waals surface area (Å²) in [5, 5.41) is 3.32. The summed E-state index contributed by atoms with van der Waals surface area (Å²) < 4.78 is 1.06. The van der Waals surface area contributed by atoms with Gasteiger partial charge in [0.05, 0.1) is 10.2 Å². The quantitative estimate of drug-likeness (QED) is 0.844. The number of allylic oxidation sites excluding steroid dienone is 3. The molecule has 0 saturated carbocycles. The van der Waals surface area contributed by atoms with Crippen LogP contribution in [0, 0.1) is 6.92 Å². The van der Waals surface area contributed by atoms with Gasteiger partial charge in [-0.1, -0.05) is 45.4 Å². The normalized spacial score (nSPS) is 13.0. The molecule has 0 atom stereocenters. The van der Waals surface area contributed by atoms with Crippen LogP contribution < -0.4 is 11.0 Å². The van der Waals surface area contributed by atoms with E-state index in [-0.39, 0.29) is 5.69 Å². The Morgan fingerprint density at radius 2 is 2.17 bits per heavy atom. The van der Waals surface area contributed by atoms with E-state index in [1.807, 2.05) is 13.8 Å². The molecule has 0 amide bonds. The second-order valence-corrected chi connectivity index (χ2v) is 6.41. The Labute approximate surface area is 141 Å². The molecule has 0 radical (unpaired) electrons. The van der Waals surface area contributed by atoms with Crippen LogP contribution in [0.3, 0.4) is 0 Å². The first-order valence-electron chi connectivity index (χ1n) is 8.29. The molecule has 5 heteroatoms. The summed E-state index contributed by atoms with van der Waals surface area (Å²) in [4.78, 5) is 20.1. The summed E-state index contributed by atoms with van der Waals surface area (Å²) in [6.07, 6.45) is 9.43. The molecule has 4 nitrogen and oxygen atoms in total. The lowest BCUT2D eigenvalue weighted by molar-refractivity contribution is 0.933. The Balaban J connectivity index is 0.000000924. The summed E-state index contributed by atoms with van der Waals surface area (Å²) >= 11 is 1.74. The van der Waals surface area contributed by atoms with Gasteiger partial charge in [-0.2, -0.15) is 4.98 Å². The zero-order valence-corrected chi connectivity index (χ0v) is 15.1. The highest BCUT2D eigenvalue weighted by atomic mass is 32.1. The van der Waals surface area contributed by atoms with Crippen molar-refractivity contribution >= 4 is 27.4 Å². The van der Waals surface area contributed by atoms with E-state index in [9.17, 15) is 4.79 Å². The molecule has 2 aromatic rings. The third-order valence-electron chi connectivity index (χ3n) is 3.71. The Morgan fingerprint density at radius 1 is 1.39 bits per heavy atom. The van der Waals surface area contributed by atoms with Crippen molar-refractivity contribution in [2.45, 2.75) is 47.0 Å². The van der Waals surface area contributed by atoms with Crippen molar-refractivity contribution in [2.24, 2.45) is 0 Å². The van der Waals surface area contributed by atoms with Crippen molar-refractivity contribution in [3.8, 4) is 0 Å². The minimum absolute atomic E-state index is 0.285. The van der Waals surface area contributed by atoms with Crippen molar-refractivity contribution < 1.29 is 0 Å². The largest absolute Gasteiger partial charge is 0.365 e. The SMILES string of the molecule is CC.CCCc1sc2c(NCC3=CC=CC3)nc(=O)[nH]c2c1C. The highest BCUT2D eigenvalue weighted by Gasteiger charge is 2.14. The molecule has 0 fully saturated rings. The average molecular weight is 331 g/mol. The number of H-pyrrole nitrogens is 1. The van der Waals surface area contributed by atoms with Crippen molar-refractivity contribution in [1.29, 1.82) is 0 Å². The molecule has 0 aromatic carbocycles. The van der Waals surface area contributed by atoms with Gasteiger partial charge in [0.2, 0.25) is 0 Å². The molecule has 0 saturated heterocycles. The van der Waals surface area contributed by atoms with Crippen LogP contribution in [-0.4, -0.2) is 16.5 Å². The number of hydrogen-bond acceptors (Lipinski definition) is 4. The standard InChI is InChI=1S/C16H19N3OS.C2H6/c1-3-6-12-10(2)13-14(21-12)15(19-16(20)18-13)17-9-11-7-4-5-8-11;1-2/h4-5,7H,3,6,8-9H2,1-2H3,(H2,17,18,19,20);1-2H3. The Morgan fingerprint density at radius 3 is 2.83 bits per heavy atom. The van der Waals surface area contributed by atoms with Crippen LogP contribution in [-0.2, 0) is 6.42 Å². The monoisotopic (exact) mass is 331 g/mol. The van der Waals surface area contributed by atoms with Crippen molar-refractivity contribution in [2.75, 3.05) is 11.9 Å². The second kappa shape index (κ2) is 8.11. The molecule has 0 bridgehead atoms. The highest BCUT2D eigenvalue weighted by molar-refractivity contribution is 7.19. The molecule has 3 rings (SSSR count). The topological polar surface area (TPSA) is 57.8 Å². The Hall–Kier alpha value is -1.88. The number of nitrogens with one attached hydrogen (secondary N) is 2. The van der Waals surface area contributed by atoms with Crippen molar-refractivity contribution in [1.82, 2.24) is 9.97 Å². The third kappa shape index (κ3) is 3.91. The zero-order chi connectivity index (χ0) is 16.8. The van der Waals surface area contributed by atoms with E-state index in [2.05, 4.69) is 47.4 Å². The van der Waals surface area contributed by atoms with Gasteiger partial charge in [-0.05, 0) is 30.9 Å². The number of aromatic amines is 1. The lowest BCUT2D eigenvalue weighted by atomic mass is 10.2. The Kier molecular flexibility index (Phi) is 6.16. The van der Waals surface area contributed by atoms with Crippen molar-refractivity contribution in [3.63, 3.8) is 0 Å². The Bertz CT molecular complexity index is 783. The van der Waals surface area contributed by atoms with E-state index in [0.29, 0.717) is 5.82 Å². The van der Waals surface area contributed by atoms with Gasteiger partial charge in [-0.3, -0.25) is 0 Å². The molecule has 1 aliphatic carbocycles. The third-order valence-corrected chi connectivity index (χ3v) is 5.07. The maximum absolute atomic E-state index is 11.8. The summed E-state index contributed by atoms with van der Waals surface area (Å²) in [6.45, 7) is 8.98. The summed E-state index contributed by atoms with van der Waals surface area (Å²) in [5.41, 5.74) is 3.14. The van der Waals surface area contributed by atoms with E-state index in [0.717, 1.165) is 36.0 Å². The smallest absolute Gasteiger partial charge is 0.347 e. The lowest BCUT2D eigenvalue weighted by Gasteiger charge is -2.06. The number of nitrogens with zero attached hydrogens (tertiary/aromatic N) is 1. The van der Waals surface area contributed by atoms with E-state index >= 15 is 0 Å². The molecule has 0 spiro atoms. The van der Waals surface area contributed by atoms with Gasteiger partial charge in [0.15, 0.2) is 5.82 Å². The van der Waals surface area contributed by atoms with Crippen LogP contribution in [0.25, 0.3) is 10.2 Å². The summed E-state index contributed by atoms with van der Waals surface area (Å²) in [5.74, 6) is 0.706. The fourth-order valence-electron chi connectivity index (χ4n) is 2.57. The molecular formula is C18H25N3OS. The number of anilines is 1. The van der Waals surface area contributed by atoms with Crippen LogP contribution >= 0.6 is 11.3 Å². The molecule has 124 valence electrons. The molecular weight excluding hydrogens is 306 g/mol. The predicted molar refractivity (Wildman–Crippen MR) is 101 cm³/mol. The lowest BCUT2D eigenvalue weighted by Crippen LogP contribution is -2.14. The zero-order valence-electron chi connectivity index (χ0n) is 14.3. The molecule has 2 heterocycles. The summed E-state index contributed by atoms with van der Waals surface area (Å²) in [6, 6.07) is 0. The van der Waals surface area contributed by atoms with Crippen LogP contribution in [0.4, 0.5) is 5.82 Å². The number of fused-ring (bicyclic) bond motifs is 1. The molecule has 1 aliphatic rings. The second-order valence-electron chi connectivity index (χ2n) is 5.31. The number of aryl methyl sites for hydroxylation is 2. The van der Waals surface area contributed by atoms with Gasteiger partial charge in [0, 0.05) is 11.4 Å². The van der Waals surface area contributed by atoms with Gasteiger partial charge in [-0.15, -0.1) is 11.3 Å². The highest BCUT2D eigenvalue weighted by Crippen LogP contribution is 2.33. The van der Waals surface area contributed by atoms with E-state index in [1.165, 1.54) is 16.0 Å². The van der Waals surface area contributed by atoms with Gasteiger partial charge >= 0.3 is 5.69 Å². The van der Waals surface area contributed by atoms with E-state index in [4.69, 9.17) is 0 Å². The maximum atomic E-state index is 11.8. The van der Waals surface area contributed by atoms with Gasteiger partial charge in [-0.25, -0.2) is 4.79 Å². The maximum Gasteiger partial charge on any atom is 0.347 e. The van der Waals surface area contributed by atoms with Gasteiger partial charge in [0.25, 0.3) is 0 Å². The van der Waals surface area contributed by atoms with Crippen LogP contribution in [0.5, 0.6) is 0 Å². The van der Waals surface area contributed by atoms with Gasteiger partial charge < -0.3 is 10.3 Å². The minimum Gasteiger partial charge on any atom is -0.365 e. The minimum atomic E-state index is -0.285. The number of rotatable bonds is 5. The van der Waals surface area contributed by atoms with Crippen LogP contribution in [0.1, 0.15) is 44.1 Å². The molecule has 23 heavy (non-hydrogen) atoms. The number of thiophene rings is 1. The fourth-order valence-corrected chi connectivity index (χ4v) is 3.90. The molecule has 0 aliphatic heterocycles. The first kappa shape index (κ1) is 17.5. The average Bonchev–Trinajstić information content (AvgIpc) is 3.18. The summed E-state index contributed by atoms with van der Waals surface area (Å²) in [7, 11) is 0. The van der Waals surface area contributed by atoms with E-state index in [1.54, 1.807) is 11.3 Å². The van der Waals surface area contributed by atoms with Crippen molar-refractivity contribution in [3.05, 3.63) is 44.7 Å². The van der Waals surface area contributed by atoms with Crippen LogP contribution in [0.15, 0.2) is 28.6 Å². The molecule has 2 aromatic heterocycles. The number of aromatic nitrogens is 2.